The van der Waals surface area contributed by atoms with Crippen molar-refractivity contribution in [2.45, 2.75) is 38.1 Å². The fourth-order valence-corrected chi connectivity index (χ4v) is 5.32. The van der Waals surface area contributed by atoms with Crippen LogP contribution in [0.25, 0.3) is 0 Å². The summed E-state index contributed by atoms with van der Waals surface area (Å²) < 4.78 is 0. The molecule has 0 aliphatic carbocycles. The van der Waals surface area contributed by atoms with Crippen molar-refractivity contribution >= 4 is 17.8 Å². The summed E-state index contributed by atoms with van der Waals surface area (Å²) >= 11 is 0. The van der Waals surface area contributed by atoms with Gasteiger partial charge in [0.25, 0.3) is 11.8 Å². The van der Waals surface area contributed by atoms with Crippen molar-refractivity contribution in [3.05, 3.63) is 71.3 Å². The number of hydrogen-bond donors (Lipinski definition) is 1. The number of nitrogens with one attached hydrogen (secondary N) is 1. The molecule has 2 heterocycles. The molecule has 2 aliphatic heterocycles. The van der Waals surface area contributed by atoms with Crippen LogP contribution in [-0.4, -0.2) is 78.4 Å². The highest BCUT2D eigenvalue weighted by Gasteiger charge is 2.55. The van der Waals surface area contributed by atoms with Gasteiger partial charge in [-0.15, -0.1) is 0 Å². The van der Waals surface area contributed by atoms with Gasteiger partial charge in [0.15, 0.2) is 0 Å². The number of urea groups is 1. The van der Waals surface area contributed by atoms with E-state index in [9.17, 15) is 14.4 Å². The van der Waals surface area contributed by atoms with Crippen LogP contribution in [0.1, 0.15) is 40.7 Å². The Bertz CT molecular complexity index is 1060. The highest BCUT2D eigenvalue weighted by molar-refractivity contribution is 6.07. The minimum Gasteiger partial charge on any atom is -0.339 e. The number of rotatable bonds is 8. The smallest absolute Gasteiger partial charge is 0.325 e. The second kappa shape index (κ2) is 10.6. The maximum Gasteiger partial charge on any atom is 0.325 e. The number of benzene rings is 2. The standard InChI is InChI=1S/C28H36N4O3/c1-21-8-7-11-23(20-21)25(33)31-16-13-24(14-17-31)28(15-12-22-9-5-4-6-10-22)26(34)32(27(35)29-28)19-18-30(2)3/h4-11,20,24H,12-19H2,1-3H3,(H,29,35)/t28-/m1/s1. The molecule has 7 heteroatoms. The summed E-state index contributed by atoms with van der Waals surface area (Å²) in [7, 11) is 3.87. The van der Waals surface area contributed by atoms with Crippen LogP contribution in [0.4, 0.5) is 4.79 Å². The van der Waals surface area contributed by atoms with Crippen LogP contribution in [0.2, 0.25) is 0 Å². The Balaban J connectivity index is 1.51. The second-order valence-corrected chi connectivity index (χ2v) is 10.1. The van der Waals surface area contributed by atoms with Crippen molar-refractivity contribution in [1.82, 2.24) is 20.0 Å². The van der Waals surface area contributed by atoms with Gasteiger partial charge in [0.2, 0.25) is 0 Å². The van der Waals surface area contributed by atoms with Crippen molar-refractivity contribution in [2.24, 2.45) is 5.92 Å². The third-order valence-corrected chi connectivity index (χ3v) is 7.37. The second-order valence-electron chi connectivity index (χ2n) is 10.1. The molecule has 2 aromatic carbocycles. The van der Waals surface area contributed by atoms with Crippen LogP contribution in [0.3, 0.4) is 0 Å². The fourth-order valence-electron chi connectivity index (χ4n) is 5.32. The molecule has 2 aliphatic rings. The van der Waals surface area contributed by atoms with Gasteiger partial charge in [0.1, 0.15) is 5.54 Å². The zero-order valence-corrected chi connectivity index (χ0v) is 21.0. The lowest BCUT2D eigenvalue weighted by Gasteiger charge is -2.41. The molecule has 0 unspecified atom stereocenters. The van der Waals surface area contributed by atoms with Gasteiger partial charge in [-0.05, 0) is 70.3 Å². The predicted octanol–water partition coefficient (Wildman–Crippen LogP) is 3.33. The van der Waals surface area contributed by atoms with Crippen molar-refractivity contribution in [3.63, 3.8) is 0 Å². The first-order valence-corrected chi connectivity index (χ1v) is 12.5. The molecule has 4 amide bonds. The average Bonchev–Trinajstić information content (AvgIpc) is 3.11. The van der Waals surface area contributed by atoms with Gasteiger partial charge in [-0.25, -0.2) is 4.79 Å². The van der Waals surface area contributed by atoms with Gasteiger partial charge in [-0.3, -0.25) is 14.5 Å². The van der Waals surface area contributed by atoms with E-state index in [0.29, 0.717) is 57.4 Å². The van der Waals surface area contributed by atoms with Crippen LogP contribution in [-0.2, 0) is 11.2 Å². The van der Waals surface area contributed by atoms with E-state index >= 15 is 0 Å². The molecule has 0 bridgehead atoms. The fraction of sp³-hybridized carbons (Fsp3) is 0.464. The van der Waals surface area contributed by atoms with E-state index in [1.165, 1.54) is 4.90 Å². The average molecular weight is 477 g/mol. The number of piperidine rings is 1. The molecule has 1 N–H and O–H groups in total. The lowest BCUT2D eigenvalue weighted by Crippen LogP contribution is -2.57. The molecule has 0 spiro atoms. The third kappa shape index (κ3) is 5.40. The van der Waals surface area contributed by atoms with Gasteiger partial charge < -0.3 is 15.1 Å². The number of carbonyl (C=O) groups excluding carboxylic acids is 3. The molecule has 7 nitrogen and oxygen atoms in total. The summed E-state index contributed by atoms with van der Waals surface area (Å²) in [6, 6.07) is 17.4. The van der Waals surface area contributed by atoms with Crippen molar-refractivity contribution < 1.29 is 14.4 Å². The van der Waals surface area contributed by atoms with E-state index in [1.807, 2.05) is 73.3 Å². The Morgan fingerprint density at radius 1 is 1.06 bits per heavy atom. The van der Waals surface area contributed by atoms with Crippen molar-refractivity contribution in [2.75, 3.05) is 40.3 Å². The Morgan fingerprint density at radius 2 is 1.77 bits per heavy atom. The molecule has 2 saturated heterocycles. The highest BCUT2D eigenvalue weighted by Crippen LogP contribution is 2.37. The van der Waals surface area contributed by atoms with Gasteiger partial charge >= 0.3 is 6.03 Å². The van der Waals surface area contributed by atoms with Gasteiger partial charge in [0, 0.05) is 31.7 Å². The van der Waals surface area contributed by atoms with Gasteiger partial charge in [0.05, 0.1) is 0 Å². The number of likely N-dealkylation sites (tertiary alicyclic amines) is 1. The van der Waals surface area contributed by atoms with E-state index < -0.39 is 5.54 Å². The number of amides is 4. The number of hydrogen-bond acceptors (Lipinski definition) is 4. The van der Waals surface area contributed by atoms with E-state index in [1.54, 1.807) is 0 Å². The van der Waals surface area contributed by atoms with Gasteiger partial charge in [-0.1, -0.05) is 48.0 Å². The van der Waals surface area contributed by atoms with E-state index in [4.69, 9.17) is 0 Å². The zero-order valence-electron chi connectivity index (χ0n) is 21.0. The molecular weight excluding hydrogens is 440 g/mol. The molecule has 2 aromatic rings. The van der Waals surface area contributed by atoms with E-state index in [2.05, 4.69) is 17.4 Å². The van der Waals surface area contributed by atoms with Crippen molar-refractivity contribution in [1.29, 1.82) is 0 Å². The predicted molar refractivity (Wildman–Crippen MR) is 136 cm³/mol. The first-order valence-electron chi connectivity index (χ1n) is 12.5. The lowest BCUT2D eigenvalue weighted by atomic mass is 9.74. The number of aryl methyl sites for hydroxylation is 2. The summed E-state index contributed by atoms with van der Waals surface area (Å²) in [5, 5.41) is 3.13. The van der Waals surface area contributed by atoms with E-state index in [0.717, 1.165) is 11.1 Å². The Kier molecular flexibility index (Phi) is 7.55. The molecular formula is C28H36N4O3. The first-order chi connectivity index (χ1) is 16.8. The number of nitrogens with zero attached hydrogens (tertiary/aromatic N) is 3. The van der Waals surface area contributed by atoms with Crippen LogP contribution in [0.15, 0.2) is 54.6 Å². The monoisotopic (exact) mass is 476 g/mol. The maximum absolute atomic E-state index is 13.8. The molecule has 0 saturated carbocycles. The summed E-state index contributed by atoms with van der Waals surface area (Å²) in [6.07, 6.45) is 2.62. The minimum atomic E-state index is -0.933. The maximum atomic E-state index is 13.8. The molecule has 4 rings (SSSR count). The van der Waals surface area contributed by atoms with Crippen LogP contribution < -0.4 is 5.32 Å². The Hall–Kier alpha value is -3.19. The van der Waals surface area contributed by atoms with Crippen LogP contribution in [0.5, 0.6) is 0 Å². The largest absolute Gasteiger partial charge is 0.339 e. The topological polar surface area (TPSA) is 73.0 Å². The lowest BCUT2D eigenvalue weighted by molar-refractivity contribution is -0.134. The van der Waals surface area contributed by atoms with Crippen LogP contribution >= 0.6 is 0 Å². The Labute approximate surface area is 208 Å². The SMILES string of the molecule is Cc1cccc(C(=O)N2CCC([C@@]3(CCc4ccccc4)NC(=O)N(CCN(C)C)C3=O)CC2)c1. The van der Waals surface area contributed by atoms with E-state index in [-0.39, 0.29) is 23.8 Å². The first kappa shape index (κ1) is 24.9. The summed E-state index contributed by atoms with van der Waals surface area (Å²) in [4.78, 5) is 45.1. The highest BCUT2D eigenvalue weighted by atomic mass is 16.2. The molecule has 35 heavy (non-hydrogen) atoms. The summed E-state index contributed by atoms with van der Waals surface area (Å²) in [5.41, 5.74) is 1.97. The quantitative estimate of drug-likeness (QED) is 0.593. The Morgan fingerprint density at radius 3 is 2.43 bits per heavy atom. The molecule has 2 fully saturated rings. The molecule has 0 aromatic heterocycles. The normalized spacial score (nSPS) is 21.0. The van der Waals surface area contributed by atoms with Crippen molar-refractivity contribution in [3.8, 4) is 0 Å². The van der Waals surface area contributed by atoms with Gasteiger partial charge in [-0.2, -0.15) is 0 Å². The zero-order chi connectivity index (χ0) is 25.0. The number of carbonyl (C=O) groups is 3. The molecule has 0 radical (unpaired) electrons. The third-order valence-electron chi connectivity index (χ3n) is 7.37. The van der Waals surface area contributed by atoms with Crippen LogP contribution in [0, 0.1) is 12.8 Å². The molecule has 1 atom stereocenters. The summed E-state index contributed by atoms with van der Waals surface area (Å²) in [6.45, 7) is 4.12. The minimum absolute atomic E-state index is 0.0198. The summed E-state index contributed by atoms with van der Waals surface area (Å²) in [5.74, 6) is -0.114. The molecule has 186 valence electrons. The number of imide groups is 1. The number of likely N-dealkylation sites (N-methyl/N-ethyl adjacent to an activating group) is 1.